The van der Waals surface area contributed by atoms with Gasteiger partial charge in [0.25, 0.3) is 0 Å². The van der Waals surface area contributed by atoms with Gasteiger partial charge in [-0.25, -0.2) is 0 Å². The molecule has 0 aromatic heterocycles. The Labute approximate surface area is 227 Å². The molecule has 3 heteroatoms. The Bertz CT molecular complexity index is 768. The molecule has 37 heavy (non-hydrogen) atoms. The number of carbonyl (C=O) groups is 1. The minimum atomic E-state index is -0.677. The van der Waals surface area contributed by atoms with Crippen molar-refractivity contribution in [3.05, 3.63) is 42.0 Å². The van der Waals surface area contributed by atoms with Crippen LogP contribution in [0.5, 0.6) is 5.75 Å². The average molecular weight is 511 g/mol. The molecule has 3 nitrogen and oxygen atoms in total. The van der Waals surface area contributed by atoms with Gasteiger partial charge >= 0.3 is 5.97 Å². The van der Waals surface area contributed by atoms with Gasteiger partial charge < -0.3 is 9.84 Å². The van der Waals surface area contributed by atoms with Crippen LogP contribution < -0.4 is 4.74 Å². The molecule has 2 aliphatic rings. The van der Waals surface area contributed by atoms with Crippen LogP contribution in [0.2, 0.25) is 0 Å². The molecule has 1 saturated carbocycles. The standard InChI is InChI=1S/C34H54O3/c1-2-3-4-5-6-7-8-9-10-11-12-13-14-15-16-17-26-37-31-22-20-28(21-23-31)34-30-19-18-29(27-30)32(34)24-25-33(35)36/h18-23,29-30,32,34H,2-17,24-27H2,1H3,(H,35,36). The molecule has 0 amide bonds. The Balaban J connectivity index is 1.17. The lowest BCUT2D eigenvalue weighted by atomic mass is 9.76. The number of allylic oxidation sites excluding steroid dienone is 2. The maximum absolute atomic E-state index is 11.1. The molecule has 208 valence electrons. The van der Waals surface area contributed by atoms with Gasteiger partial charge in [0.05, 0.1) is 6.61 Å². The smallest absolute Gasteiger partial charge is 0.303 e. The highest BCUT2D eigenvalue weighted by molar-refractivity contribution is 5.66. The van der Waals surface area contributed by atoms with E-state index in [0.717, 1.165) is 25.2 Å². The molecule has 2 bridgehead atoms. The van der Waals surface area contributed by atoms with E-state index in [1.54, 1.807) is 0 Å². The van der Waals surface area contributed by atoms with Crippen LogP contribution in [0.25, 0.3) is 0 Å². The van der Waals surface area contributed by atoms with Gasteiger partial charge in [-0.2, -0.15) is 0 Å². The molecule has 0 heterocycles. The summed E-state index contributed by atoms with van der Waals surface area (Å²) in [4.78, 5) is 11.1. The largest absolute Gasteiger partial charge is 0.494 e. The summed E-state index contributed by atoms with van der Waals surface area (Å²) in [5.74, 6) is 2.33. The van der Waals surface area contributed by atoms with Crippen LogP contribution in [-0.2, 0) is 4.79 Å². The fourth-order valence-electron chi connectivity index (χ4n) is 6.73. The maximum atomic E-state index is 11.1. The van der Waals surface area contributed by atoms with Crippen LogP contribution in [0.1, 0.15) is 140 Å². The number of fused-ring (bicyclic) bond motifs is 2. The Morgan fingerprint density at radius 3 is 1.81 bits per heavy atom. The second-order valence-corrected chi connectivity index (χ2v) is 11.8. The SMILES string of the molecule is CCCCCCCCCCCCCCCCCCOc1ccc(C2C3C=CC(C3)C2CCC(=O)O)cc1. The molecule has 0 aliphatic heterocycles. The molecule has 4 unspecified atom stereocenters. The second-order valence-electron chi connectivity index (χ2n) is 11.8. The highest BCUT2D eigenvalue weighted by atomic mass is 16.5. The van der Waals surface area contributed by atoms with Crippen molar-refractivity contribution in [2.75, 3.05) is 6.61 Å². The first kappa shape index (κ1) is 29.8. The Morgan fingerprint density at radius 2 is 1.27 bits per heavy atom. The van der Waals surface area contributed by atoms with Crippen molar-refractivity contribution in [3.63, 3.8) is 0 Å². The number of hydrogen-bond acceptors (Lipinski definition) is 2. The summed E-state index contributed by atoms with van der Waals surface area (Å²) in [6.45, 7) is 3.09. The van der Waals surface area contributed by atoms with Crippen molar-refractivity contribution in [1.29, 1.82) is 0 Å². The van der Waals surface area contributed by atoms with Crippen LogP contribution in [0, 0.1) is 17.8 Å². The highest BCUT2D eigenvalue weighted by Crippen LogP contribution is 2.54. The molecule has 1 N–H and O–H groups in total. The van der Waals surface area contributed by atoms with Crippen LogP contribution in [0.4, 0.5) is 0 Å². The van der Waals surface area contributed by atoms with E-state index in [4.69, 9.17) is 9.84 Å². The average Bonchev–Trinajstić information content (AvgIpc) is 3.51. The Hall–Kier alpha value is -1.77. The molecule has 0 spiro atoms. The number of ether oxygens (including phenoxy) is 1. The van der Waals surface area contributed by atoms with Crippen molar-refractivity contribution in [3.8, 4) is 5.75 Å². The predicted molar refractivity (Wildman–Crippen MR) is 155 cm³/mol. The third-order valence-corrected chi connectivity index (χ3v) is 8.85. The van der Waals surface area contributed by atoms with E-state index < -0.39 is 5.97 Å². The molecule has 1 aromatic carbocycles. The first-order valence-corrected chi connectivity index (χ1v) is 15.8. The minimum Gasteiger partial charge on any atom is -0.494 e. The zero-order valence-electron chi connectivity index (χ0n) is 23.7. The first-order valence-electron chi connectivity index (χ1n) is 15.8. The first-order chi connectivity index (χ1) is 18.2. The van der Waals surface area contributed by atoms with Gasteiger partial charge in [-0.15, -0.1) is 0 Å². The number of hydrogen-bond donors (Lipinski definition) is 1. The lowest BCUT2D eigenvalue weighted by Gasteiger charge is -2.28. The van der Waals surface area contributed by atoms with Gasteiger partial charge in [-0.1, -0.05) is 128 Å². The fourth-order valence-corrected chi connectivity index (χ4v) is 6.73. The van der Waals surface area contributed by atoms with Crippen molar-refractivity contribution in [2.24, 2.45) is 17.8 Å². The minimum absolute atomic E-state index is 0.277. The zero-order chi connectivity index (χ0) is 26.1. The molecule has 4 atom stereocenters. The number of aliphatic carboxylic acids is 1. The van der Waals surface area contributed by atoms with E-state index in [1.165, 1.54) is 108 Å². The van der Waals surface area contributed by atoms with E-state index in [1.807, 2.05) is 0 Å². The summed E-state index contributed by atoms with van der Waals surface area (Å²) in [5, 5.41) is 9.14. The number of unbranched alkanes of at least 4 members (excludes halogenated alkanes) is 15. The zero-order valence-corrected chi connectivity index (χ0v) is 23.7. The molecule has 1 aromatic rings. The molecular formula is C34H54O3. The summed E-state index contributed by atoms with van der Waals surface area (Å²) in [6.07, 6.45) is 29.1. The number of rotatable bonds is 22. The number of carboxylic acid groups (broad SMARTS) is 1. The lowest BCUT2D eigenvalue weighted by Crippen LogP contribution is -2.19. The van der Waals surface area contributed by atoms with Crippen LogP contribution in [-0.4, -0.2) is 17.7 Å². The van der Waals surface area contributed by atoms with Gasteiger partial charge in [0, 0.05) is 6.42 Å². The number of benzene rings is 1. The third-order valence-electron chi connectivity index (χ3n) is 8.85. The normalized spacial score (nSPS) is 22.1. The van der Waals surface area contributed by atoms with E-state index in [9.17, 15) is 4.79 Å². The summed E-state index contributed by atoms with van der Waals surface area (Å²) < 4.78 is 6.02. The van der Waals surface area contributed by atoms with Gasteiger partial charge in [-0.05, 0) is 60.6 Å². The molecule has 3 rings (SSSR count). The van der Waals surface area contributed by atoms with Crippen LogP contribution >= 0.6 is 0 Å². The van der Waals surface area contributed by atoms with Crippen molar-refractivity contribution < 1.29 is 14.6 Å². The highest BCUT2D eigenvalue weighted by Gasteiger charge is 2.44. The second kappa shape index (κ2) is 17.7. The topological polar surface area (TPSA) is 46.5 Å². The molecule has 1 fully saturated rings. The quantitative estimate of drug-likeness (QED) is 0.125. The number of carboxylic acids is 1. The van der Waals surface area contributed by atoms with Crippen molar-refractivity contribution >= 4 is 5.97 Å². The van der Waals surface area contributed by atoms with E-state index in [2.05, 4.69) is 43.3 Å². The van der Waals surface area contributed by atoms with Crippen LogP contribution in [0.3, 0.4) is 0 Å². The Kier molecular flexibility index (Phi) is 14.2. The van der Waals surface area contributed by atoms with E-state index >= 15 is 0 Å². The third kappa shape index (κ3) is 10.9. The van der Waals surface area contributed by atoms with Gasteiger partial charge in [-0.3, -0.25) is 4.79 Å². The summed E-state index contributed by atoms with van der Waals surface area (Å²) in [6, 6.07) is 8.67. The lowest BCUT2D eigenvalue weighted by molar-refractivity contribution is -0.137. The molecule has 0 saturated heterocycles. The molecule has 2 aliphatic carbocycles. The van der Waals surface area contributed by atoms with Crippen molar-refractivity contribution in [1.82, 2.24) is 0 Å². The Morgan fingerprint density at radius 1 is 0.757 bits per heavy atom. The molecule has 0 radical (unpaired) electrons. The maximum Gasteiger partial charge on any atom is 0.303 e. The van der Waals surface area contributed by atoms with Crippen LogP contribution in [0.15, 0.2) is 36.4 Å². The summed E-state index contributed by atoms with van der Waals surface area (Å²) in [5.41, 5.74) is 1.35. The predicted octanol–water partition coefficient (Wildman–Crippen LogP) is 10.1. The fraction of sp³-hybridized carbons (Fsp3) is 0.735. The molecular weight excluding hydrogens is 456 g/mol. The van der Waals surface area contributed by atoms with Gasteiger partial charge in [0.1, 0.15) is 5.75 Å². The summed E-state index contributed by atoms with van der Waals surface area (Å²) in [7, 11) is 0. The monoisotopic (exact) mass is 510 g/mol. The van der Waals surface area contributed by atoms with Gasteiger partial charge in [0.15, 0.2) is 0 Å². The van der Waals surface area contributed by atoms with Crippen molar-refractivity contribution in [2.45, 2.75) is 135 Å². The van der Waals surface area contributed by atoms with Gasteiger partial charge in [0.2, 0.25) is 0 Å². The summed E-state index contributed by atoms with van der Waals surface area (Å²) >= 11 is 0. The van der Waals surface area contributed by atoms with E-state index in [-0.39, 0.29) is 6.42 Å². The van der Waals surface area contributed by atoms with E-state index in [0.29, 0.717) is 23.7 Å².